The van der Waals surface area contributed by atoms with Gasteiger partial charge in [0.2, 0.25) is 11.8 Å². The molecule has 1 aliphatic rings. The molecule has 1 heterocycles. The van der Waals surface area contributed by atoms with Gasteiger partial charge in [-0.3, -0.25) is 14.4 Å². The van der Waals surface area contributed by atoms with Crippen LogP contribution in [0.2, 0.25) is 0 Å². The van der Waals surface area contributed by atoms with Crippen LogP contribution in [0.25, 0.3) is 0 Å². The van der Waals surface area contributed by atoms with Crippen LogP contribution in [0.15, 0.2) is 0 Å². The molecule has 0 aliphatic carbocycles. The Morgan fingerprint density at radius 3 is 2.81 bits per heavy atom. The summed E-state index contributed by atoms with van der Waals surface area (Å²) in [5.74, 6) is 0.155. The highest BCUT2D eigenvalue weighted by Gasteiger charge is 2.19. The summed E-state index contributed by atoms with van der Waals surface area (Å²) in [4.78, 5) is 34.8. The van der Waals surface area contributed by atoms with Gasteiger partial charge in [0.15, 0.2) is 5.12 Å². The Labute approximate surface area is 98.9 Å². The van der Waals surface area contributed by atoms with E-state index in [1.165, 1.54) is 6.92 Å². The molecule has 0 atom stereocenters. The van der Waals surface area contributed by atoms with Crippen molar-refractivity contribution >= 4 is 28.7 Å². The van der Waals surface area contributed by atoms with E-state index in [4.69, 9.17) is 0 Å². The minimum Gasteiger partial charge on any atom is -0.354 e. The molecule has 0 unspecified atom stereocenters. The fourth-order valence-corrected chi connectivity index (χ4v) is 1.93. The molecule has 90 valence electrons. The quantitative estimate of drug-likeness (QED) is 0.739. The molecule has 6 heteroatoms. The zero-order valence-corrected chi connectivity index (χ0v) is 10.1. The van der Waals surface area contributed by atoms with E-state index in [0.29, 0.717) is 19.5 Å². The van der Waals surface area contributed by atoms with Crippen LogP contribution in [0.4, 0.5) is 0 Å². The van der Waals surface area contributed by atoms with Crippen LogP contribution >= 0.6 is 11.8 Å². The van der Waals surface area contributed by atoms with Gasteiger partial charge in [-0.05, 0) is 6.42 Å². The van der Waals surface area contributed by atoms with E-state index >= 15 is 0 Å². The maximum absolute atomic E-state index is 11.2. The maximum atomic E-state index is 11.2. The Morgan fingerprint density at radius 1 is 1.50 bits per heavy atom. The third kappa shape index (κ3) is 4.65. The standard InChI is InChI=1S/C10H16N2O3S/c1-8(13)16-7-9(14)11-4-6-12-5-2-3-10(12)15/h2-7H2,1H3,(H,11,14). The van der Waals surface area contributed by atoms with E-state index in [0.717, 1.165) is 24.7 Å². The van der Waals surface area contributed by atoms with Gasteiger partial charge >= 0.3 is 0 Å². The number of rotatable bonds is 5. The minimum absolute atomic E-state index is 0.0649. The van der Waals surface area contributed by atoms with Crippen molar-refractivity contribution in [3.63, 3.8) is 0 Å². The van der Waals surface area contributed by atoms with Gasteiger partial charge in [0, 0.05) is 33.0 Å². The Morgan fingerprint density at radius 2 is 2.25 bits per heavy atom. The number of thioether (sulfide) groups is 1. The van der Waals surface area contributed by atoms with Crippen LogP contribution in [0, 0.1) is 0 Å². The van der Waals surface area contributed by atoms with Crippen molar-refractivity contribution in [1.29, 1.82) is 0 Å². The van der Waals surface area contributed by atoms with Gasteiger partial charge in [-0.2, -0.15) is 0 Å². The molecular formula is C10H16N2O3S. The largest absolute Gasteiger partial charge is 0.354 e. The molecule has 1 aliphatic heterocycles. The zero-order valence-electron chi connectivity index (χ0n) is 9.32. The Hall–Kier alpha value is -1.04. The molecule has 16 heavy (non-hydrogen) atoms. The molecule has 0 aromatic carbocycles. The highest BCUT2D eigenvalue weighted by atomic mass is 32.2. The van der Waals surface area contributed by atoms with E-state index in [2.05, 4.69) is 5.32 Å². The van der Waals surface area contributed by atoms with Crippen molar-refractivity contribution in [3.8, 4) is 0 Å². The van der Waals surface area contributed by atoms with Gasteiger partial charge in [-0.15, -0.1) is 0 Å². The monoisotopic (exact) mass is 244 g/mol. The first kappa shape index (κ1) is 13.0. The molecular weight excluding hydrogens is 228 g/mol. The van der Waals surface area contributed by atoms with Crippen LogP contribution in [0.5, 0.6) is 0 Å². The summed E-state index contributed by atoms with van der Waals surface area (Å²) in [7, 11) is 0. The van der Waals surface area contributed by atoms with Crippen molar-refractivity contribution in [2.45, 2.75) is 19.8 Å². The summed E-state index contributed by atoms with van der Waals surface area (Å²) in [5.41, 5.74) is 0. The first-order valence-corrected chi connectivity index (χ1v) is 6.26. The average molecular weight is 244 g/mol. The minimum atomic E-state index is -0.160. The van der Waals surface area contributed by atoms with Crippen LogP contribution in [0.1, 0.15) is 19.8 Å². The second kappa shape index (κ2) is 6.52. The lowest BCUT2D eigenvalue weighted by molar-refractivity contribution is -0.128. The van der Waals surface area contributed by atoms with E-state index in [9.17, 15) is 14.4 Å². The lowest BCUT2D eigenvalue weighted by atomic mass is 10.4. The fraction of sp³-hybridized carbons (Fsp3) is 0.700. The predicted octanol–water partition coefficient (Wildman–Crippen LogP) is 0.00470. The number of carbonyl (C=O) groups excluding carboxylic acids is 3. The van der Waals surface area contributed by atoms with Gasteiger partial charge in [0.1, 0.15) is 0 Å². The van der Waals surface area contributed by atoms with E-state index < -0.39 is 0 Å². The number of likely N-dealkylation sites (tertiary alicyclic amines) is 1. The number of hydrogen-bond donors (Lipinski definition) is 1. The van der Waals surface area contributed by atoms with E-state index in [1.807, 2.05) is 0 Å². The molecule has 2 amide bonds. The first-order chi connectivity index (χ1) is 7.59. The SMILES string of the molecule is CC(=O)SCC(=O)NCCN1CCCC1=O. The van der Waals surface area contributed by atoms with Crippen molar-refractivity contribution in [2.75, 3.05) is 25.4 Å². The summed E-state index contributed by atoms with van der Waals surface area (Å²) in [5, 5.41) is 2.61. The molecule has 0 aromatic rings. The zero-order chi connectivity index (χ0) is 12.0. The summed E-state index contributed by atoms with van der Waals surface area (Å²) in [6.07, 6.45) is 1.53. The highest BCUT2D eigenvalue weighted by molar-refractivity contribution is 8.14. The summed E-state index contributed by atoms with van der Waals surface area (Å²) < 4.78 is 0. The molecule has 1 N–H and O–H groups in total. The Bertz CT molecular complexity index is 294. The van der Waals surface area contributed by atoms with Crippen molar-refractivity contribution in [1.82, 2.24) is 10.2 Å². The summed E-state index contributed by atoms with van der Waals surface area (Å²) in [6, 6.07) is 0. The van der Waals surface area contributed by atoms with Crippen molar-refractivity contribution in [3.05, 3.63) is 0 Å². The van der Waals surface area contributed by atoms with Gasteiger partial charge in [0.25, 0.3) is 0 Å². The number of carbonyl (C=O) groups is 3. The lowest BCUT2D eigenvalue weighted by Crippen LogP contribution is -2.36. The van der Waals surface area contributed by atoms with Gasteiger partial charge in [0.05, 0.1) is 5.75 Å². The second-order valence-corrected chi connectivity index (χ2v) is 4.77. The van der Waals surface area contributed by atoms with E-state index in [-0.39, 0.29) is 22.7 Å². The highest BCUT2D eigenvalue weighted by Crippen LogP contribution is 2.07. The Kier molecular flexibility index (Phi) is 5.31. The maximum Gasteiger partial charge on any atom is 0.230 e. The number of nitrogens with zero attached hydrogens (tertiary/aromatic N) is 1. The number of nitrogens with one attached hydrogen (secondary N) is 1. The normalized spacial score (nSPS) is 15.3. The van der Waals surface area contributed by atoms with Gasteiger partial charge in [-0.1, -0.05) is 11.8 Å². The predicted molar refractivity (Wildman–Crippen MR) is 62.0 cm³/mol. The van der Waals surface area contributed by atoms with Crippen LogP contribution in [0.3, 0.4) is 0 Å². The van der Waals surface area contributed by atoms with Crippen molar-refractivity contribution in [2.24, 2.45) is 0 Å². The molecule has 0 spiro atoms. The second-order valence-electron chi connectivity index (χ2n) is 3.61. The average Bonchev–Trinajstić information content (AvgIpc) is 2.61. The van der Waals surface area contributed by atoms with Gasteiger partial charge in [-0.25, -0.2) is 0 Å². The smallest absolute Gasteiger partial charge is 0.230 e. The molecule has 1 saturated heterocycles. The van der Waals surface area contributed by atoms with Crippen LogP contribution < -0.4 is 5.32 Å². The lowest BCUT2D eigenvalue weighted by Gasteiger charge is -2.15. The number of amides is 2. The molecule has 1 rings (SSSR count). The first-order valence-electron chi connectivity index (χ1n) is 5.27. The summed E-state index contributed by atoms with van der Waals surface area (Å²) >= 11 is 0.991. The molecule has 1 fully saturated rings. The Balaban J connectivity index is 2.08. The fourth-order valence-electron chi connectivity index (χ4n) is 1.49. The van der Waals surface area contributed by atoms with Crippen LogP contribution in [-0.2, 0) is 14.4 Å². The third-order valence-corrected chi connectivity index (χ3v) is 3.09. The van der Waals surface area contributed by atoms with Crippen LogP contribution in [-0.4, -0.2) is 47.2 Å². The number of hydrogen-bond acceptors (Lipinski definition) is 4. The van der Waals surface area contributed by atoms with E-state index in [1.54, 1.807) is 4.90 Å². The third-order valence-electron chi connectivity index (χ3n) is 2.28. The molecule has 5 nitrogen and oxygen atoms in total. The molecule has 0 bridgehead atoms. The topological polar surface area (TPSA) is 66.5 Å². The molecule has 0 radical (unpaired) electrons. The molecule has 0 saturated carbocycles. The van der Waals surface area contributed by atoms with Crippen molar-refractivity contribution < 1.29 is 14.4 Å². The van der Waals surface area contributed by atoms with Gasteiger partial charge < -0.3 is 10.2 Å². The molecule has 0 aromatic heterocycles. The summed E-state index contributed by atoms with van der Waals surface area (Å²) in [6.45, 7) is 3.25.